The maximum Gasteiger partial charge on any atom is 0.230 e. The largest absolute Gasteiger partial charge is 0.324 e. The predicted molar refractivity (Wildman–Crippen MR) is 107 cm³/mol. The summed E-state index contributed by atoms with van der Waals surface area (Å²) in [5, 5.41) is 10.8. The number of nitrogens with zero attached hydrogens (tertiary/aromatic N) is 5. The number of nitrogens with one attached hydrogen (secondary N) is 1. The Morgan fingerprint density at radius 1 is 0.929 bits per heavy atom. The third-order valence-electron chi connectivity index (χ3n) is 4.61. The molecule has 1 N–H and O–H groups in total. The number of hydrogen-bond donors (Lipinski definition) is 1. The molecule has 0 spiro atoms. The summed E-state index contributed by atoms with van der Waals surface area (Å²) in [4.78, 5) is 17.3. The Balaban J connectivity index is 1.56. The van der Waals surface area contributed by atoms with E-state index in [1.165, 1.54) is 0 Å². The number of rotatable bonds is 3. The summed E-state index contributed by atoms with van der Waals surface area (Å²) in [6.07, 6.45) is 7.53. The van der Waals surface area contributed by atoms with Gasteiger partial charge in [0.2, 0.25) is 5.91 Å². The number of aliphatic imine (C=N–C) groups is 1. The Morgan fingerprint density at radius 3 is 2.64 bits per heavy atom. The average Bonchev–Trinajstić information content (AvgIpc) is 3.40. The van der Waals surface area contributed by atoms with E-state index in [4.69, 9.17) is 4.99 Å². The van der Waals surface area contributed by atoms with Gasteiger partial charge in [-0.3, -0.25) is 9.79 Å². The lowest BCUT2D eigenvalue weighted by Crippen LogP contribution is -2.15. The molecule has 0 radical (unpaired) electrons. The van der Waals surface area contributed by atoms with Crippen molar-refractivity contribution in [1.29, 1.82) is 0 Å². The lowest BCUT2D eigenvalue weighted by Gasteiger charge is -2.08. The Kier molecular flexibility index (Phi) is 3.83. The Hall–Kier alpha value is -4.00. The van der Waals surface area contributed by atoms with Crippen LogP contribution in [0.2, 0.25) is 0 Å². The van der Waals surface area contributed by atoms with Crippen molar-refractivity contribution in [2.45, 2.75) is 6.42 Å². The van der Waals surface area contributed by atoms with Crippen LogP contribution in [0.1, 0.15) is 12.0 Å². The van der Waals surface area contributed by atoms with E-state index in [-0.39, 0.29) is 12.3 Å². The zero-order chi connectivity index (χ0) is 18.9. The second kappa shape index (κ2) is 6.62. The first-order valence-corrected chi connectivity index (χ1v) is 8.88. The van der Waals surface area contributed by atoms with Gasteiger partial charge in [0.25, 0.3) is 0 Å². The molecule has 2 aromatic carbocycles. The number of anilines is 1. The fourth-order valence-corrected chi connectivity index (χ4v) is 3.26. The molecule has 1 amide bonds. The van der Waals surface area contributed by atoms with Crippen molar-refractivity contribution in [1.82, 2.24) is 19.6 Å². The number of benzene rings is 2. The van der Waals surface area contributed by atoms with Crippen LogP contribution in [0.25, 0.3) is 11.4 Å². The normalized spacial score (nSPS) is 13.4. The number of hydrogen-bond acceptors (Lipinski definition) is 4. The second-order valence-corrected chi connectivity index (χ2v) is 6.47. The van der Waals surface area contributed by atoms with E-state index in [1.807, 2.05) is 71.6 Å². The van der Waals surface area contributed by atoms with Crippen molar-refractivity contribution in [3.05, 3.63) is 84.9 Å². The fourth-order valence-electron chi connectivity index (χ4n) is 3.26. The van der Waals surface area contributed by atoms with Crippen molar-refractivity contribution in [2.75, 3.05) is 5.32 Å². The van der Waals surface area contributed by atoms with Crippen molar-refractivity contribution in [2.24, 2.45) is 4.99 Å². The van der Waals surface area contributed by atoms with Crippen molar-refractivity contribution < 1.29 is 4.79 Å². The highest BCUT2D eigenvalue weighted by Gasteiger charge is 2.18. The Labute approximate surface area is 161 Å². The molecule has 7 nitrogen and oxygen atoms in total. The molecular weight excluding hydrogens is 352 g/mol. The van der Waals surface area contributed by atoms with Gasteiger partial charge in [0.1, 0.15) is 0 Å². The number of amides is 1. The van der Waals surface area contributed by atoms with Crippen LogP contribution in [0.5, 0.6) is 0 Å². The van der Waals surface area contributed by atoms with Gasteiger partial charge in [-0.1, -0.05) is 17.3 Å². The van der Waals surface area contributed by atoms with Gasteiger partial charge in [0, 0.05) is 18.1 Å². The second-order valence-electron chi connectivity index (χ2n) is 6.47. The van der Waals surface area contributed by atoms with Gasteiger partial charge in [-0.15, -0.1) is 5.10 Å². The molecule has 0 atom stereocenters. The highest BCUT2D eigenvalue weighted by molar-refractivity contribution is 6.17. The van der Waals surface area contributed by atoms with Gasteiger partial charge < -0.3 is 9.88 Å². The fraction of sp³-hybridized carbons (Fsp3) is 0.0476. The van der Waals surface area contributed by atoms with E-state index in [9.17, 15) is 4.79 Å². The van der Waals surface area contributed by atoms with Crippen LogP contribution in [-0.2, 0) is 4.79 Å². The number of aromatic nitrogens is 4. The van der Waals surface area contributed by atoms with E-state index >= 15 is 0 Å². The summed E-state index contributed by atoms with van der Waals surface area (Å²) < 4.78 is 3.67. The number of carbonyl (C=O) groups excluding carboxylic acids is 1. The van der Waals surface area contributed by atoms with Crippen LogP contribution >= 0.6 is 0 Å². The van der Waals surface area contributed by atoms with Crippen LogP contribution in [0, 0.1) is 0 Å². The van der Waals surface area contributed by atoms with Crippen LogP contribution in [0.4, 0.5) is 11.4 Å². The summed E-state index contributed by atoms with van der Waals surface area (Å²) in [7, 11) is 0. The summed E-state index contributed by atoms with van der Waals surface area (Å²) in [6.45, 7) is 0. The van der Waals surface area contributed by atoms with Crippen molar-refractivity contribution >= 4 is 23.0 Å². The van der Waals surface area contributed by atoms with E-state index in [2.05, 4.69) is 15.6 Å². The minimum Gasteiger partial charge on any atom is -0.324 e. The molecule has 0 fully saturated rings. The third-order valence-corrected chi connectivity index (χ3v) is 4.61. The van der Waals surface area contributed by atoms with Gasteiger partial charge in [0.05, 0.1) is 41.6 Å². The highest BCUT2D eigenvalue weighted by Crippen LogP contribution is 2.31. The first-order chi connectivity index (χ1) is 13.8. The molecule has 0 saturated heterocycles. The summed E-state index contributed by atoms with van der Waals surface area (Å²) in [5.74, 6) is -0.0895. The first kappa shape index (κ1) is 16.2. The van der Waals surface area contributed by atoms with Gasteiger partial charge in [-0.05, 0) is 48.0 Å². The lowest BCUT2D eigenvalue weighted by molar-refractivity contribution is -0.115. The zero-order valence-corrected chi connectivity index (χ0v) is 14.9. The first-order valence-electron chi connectivity index (χ1n) is 8.88. The highest BCUT2D eigenvalue weighted by atomic mass is 16.1. The van der Waals surface area contributed by atoms with E-state index in [0.717, 1.165) is 22.6 Å². The maximum atomic E-state index is 12.5. The van der Waals surface area contributed by atoms with Gasteiger partial charge in [-0.2, -0.15) is 0 Å². The summed E-state index contributed by atoms with van der Waals surface area (Å²) in [5.41, 5.74) is 4.88. The molecule has 1 aliphatic heterocycles. The molecule has 0 unspecified atom stereocenters. The monoisotopic (exact) mass is 368 g/mol. The van der Waals surface area contributed by atoms with E-state index < -0.39 is 0 Å². The molecule has 2 aromatic heterocycles. The molecule has 3 heterocycles. The minimum atomic E-state index is -0.0895. The van der Waals surface area contributed by atoms with Crippen LogP contribution < -0.4 is 5.32 Å². The third kappa shape index (κ3) is 2.99. The van der Waals surface area contributed by atoms with Crippen LogP contribution in [0.15, 0.2) is 84.4 Å². The minimum absolute atomic E-state index is 0.0895. The topological polar surface area (TPSA) is 77.1 Å². The van der Waals surface area contributed by atoms with Crippen molar-refractivity contribution in [3.8, 4) is 11.4 Å². The molecular formula is C21H16N6O. The van der Waals surface area contributed by atoms with Gasteiger partial charge >= 0.3 is 0 Å². The Bertz CT molecular complexity index is 1180. The number of fused-ring (bicyclic) bond motifs is 1. The van der Waals surface area contributed by atoms with Crippen molar-refractivity contribution in [3.63, 3.8) is 0 Å². The van der Waals surface area contributed by atoms with Crippen LogP contribution in [-0.4, -0.2) is 31.2 Å². The van der Waals surface area contributed by atoms with Gasteiger partial charge in [-0.25, -0.2) is 4.68 Å². The van der Waals surface area contributed by atoms with E-state index in [1.54, 1.807) is 17.1 Å². The molecule has 0 saturated carbocycles. The molecule has 4 aromatic rings. The van der Waals surface area contributed by atoms with E-state index in [0.29, 0.717) is 11.4 Å². The summed E-state index contributed by atoms with van der Waals surface area (Å²) >= 11 is 0. The molecule has 1 aliphatic rings. The summed E-state index contributed by atoms with van der Waals surface area (Å²) in [6, 6.07) is 17.5. The molecule has 136 valence electrons. The molecule has 0 aliphatic carbocycles. The maximum absolute atomic E-state index is 12.5. The molecule has 5 rings (SSSR count). The molecule has 7 heteroatoms. The SMILES string of the molecule is O=C1CC(c2cccc(-n3ccnn3)c2)=Nc2ccc(-n3cccc3)cc2N1. The Morgan fingerprint density at radius 2 is 1.82 bits per heavy atom. The standard InChI is InChI=1S/C21H16N6O/c28-21-14-19(15-4-3-5-17(12-15)27-11-8-22-25-27)23-18-7-6-16(13-20(18)24-21)26-9-1-2-10-26/h1-13H,14H2,(H,24,28). The zero-order valence-electron chi connectivity index (χ0n) is 14.9. The molecule has 28 heavy (non-hydrogen) atoms. The number of carbonyl (C=O) groups is 1. The predicted octanol–water partition coefficient (Wildman–Crippen LogP) is 3.52. The van der Waals surface area contributed by atoms with Crippen LogP contribution in [0.3, 0.4) is 0 Å². The molecule has 0 bridgehead atoms. The average molecular weight is 368 g/mol. The quantitative estimate of drug-likeness (QED) is 0.601. The smallest absolute Gasteiger partial charge is 0.230 e. The lowest BCUT2D eigenvalue weighted by atomic mass is 10.1. The van der Waals surface area contributed by atoms with Gasteiger partial charge in [0.15, 0.2) is 0 Å².